The highest BCUT2D eigenvalue weighted by atomic mass is 15.1. The fourth-order valence-corrected chi connectivity index (χ4v) is 2.16. The quantitative estimate of drug-likeness (QED) is 0.775. The van der Waals surface area contributed by atoms with E-state index in [2.05, 4.69) is 29.8 Å². The maximum absolute atomic E-state index is 4.42. The van der Waals surface area contributed by atoms with E-state index >= 15 is 0 Å². The van der Waals surface area contributed by atoms with Crippen molar-refractivity contribution < 1.29 is 0 Å². The summed E-state index contributed by atoms with van der Waals surface area (Å²) in [5.74, 6) is 0. The average Bonchev–Trinajstić information content (AvgIpc) is 2.38. The number of aryl methyl sites for hydroxylation is 2. The number of piperidine rings is 1. The lowest BCUT2D eigenvalue weighted by molar-refractivity contribution is 0.220. The van der Waals surface area contributed by atoms with E-state index in [4.69, 9.17) is 0 Å². The lowest BCUT2D eigenvalue weighted by Crippen LogP contribution is -2.29. The molecule has 1 fully saturated rings. The first-order chi connectivity index (χ1) is 8.25. The minimum atomic E-state index is 1.08. The van der Waals surface area contributed by atoms with Crippen LogP contribution in [-0.4, -0.2) is 23.0 Å². The van der Waals surface area contributed by atoms with Crippen LogP contribution >= 0.6 is 0 Å². The Morgan fingerprint density at radius 1 is 1.12 bits per heavy atom. The molecule has 2 heteroatoms. The third-order valence-electron chi connectivity index (χ3n) is 3.25. The van der Waals surface area contributed by atoms with Crippen LogP contribution in [0.4, 0.5) is 0 Å². The third kappa shape index (κ3) is 4.47. The van der Waals surface area contributed by atoms with Gasteiger partial charge in [-0.1, -0.05) is 26.3 Å². The van der Waals surface area contributed by atoms with Gasteiger partial charge < -0.3 is 0 Å². The van der Waals surface area contributed by atoms with Crippen molar-refractivity contribution in [3.05, 3.63) is 29.1 Å². The summed E-state index contributed by atoms with van der Waals surface area (Å²) in [4.78, 5) is 6.95. The molecule has 2 heterocycles. The number of rotatable bonds is 2. The Labute approximate surface area is 106 Å². The van der Waals surface area contributed by atoms with Crippen molar-refractivity contribution in [3.63, 3.8) is 0 Å². The standard InChI is InChI=1S/C13H20N2.C2H6/c1-11-8-13(9-14-12(11)2)10-15-6-4-3-5-7-15;1-2/h8-9H,3-7,10H2,1-2H3;1-2H3. The molecular weight excluding hydrogens is 208 g/mol. The topological polar surface area (TPSA) is 16.1 Å². The number of nitrogens with zero attached hydrogens (tertiary/aromatic N) is 2. The maximum atomic E-state index is 4.42. The molecule has 96 valence electrons. The molecule has 0 radical (unpaired) electrons. The molecule has 0 spiro atoms. The molecule has 2 nitrogen and oxygen atoms in total. The van der Waals surface area contributed by atoms with E-state index in [0.717, 1.165) is 12.2 Å². The molecule has 17 heavy (non-hydrogen) atoms. The van der Waals surface area contributed by atoms with Gasteiger partial charge in [-0.2, -0.15) is 0 Å². The number of likely N-dealkylation sites (tertiary alicyclic amines) is 1. The Morgan fingerprint density at radius 2 is 1.76 bits per heavy atom. The second-order valence-corrected chi connectivity index (χ2v) is 4.58. The van der Waals surface area contributed by atoms with Crippen molar-refractivity contribution in [2.45, 2.75) is 53.5 Å². The van der Waals surface area contributed by atoms with E-state index < -0.39 is 0 Å². The SMILES string of the molecule is CC.Cc1cc(CN2CCCCC2)cnc1C. The van der Waals surface area contributed by atoms with Crippen LogP contribution in [-0.2, 0) is 6.54 Å². The van der Waals surface area contributed by atoms with E-state index in [1.54, 1.807) is 0 Å². The highest BCUT2D eigenvalue weighted by Crippen LogP contribution is 2.14. The number of pyridine rings is 1. The smallest absolute Gasteiger partial charge is 0.0402 e. The van der Waals surface area contributed by atoms with Crippen molar-refractivity contribution in [2.24, 2.45) is 0 Å². The molecule has 1 aliphatic rings. The largest absolute Gasteiger partial charge is 0.299 e. The van der Waals surface area contributed by atoms with Gasteiger partial charge in [-0.3, -0.25) is 9.88 Å². The van der Waals surface area contributed by atoms with Gasteiger partial charge in [-0.25, -0.2) is 0 Å². The first-order valence-corrected chi connectivity index (χ1v) is 6.90. The van der Waals surface area contributed by atoms with Crippen LogP contribution in [0.25, 0.3) is 0 Å². The van der Waals surface area contributed by atoms with Gasteiger partial charge in [0.15, 0.2) is 0 Å². The minimum Gasteiger partial charge on any atom is -0.299 e. The van der Waals surface area contributed by atoms with Crippen molar-refractivity contribution in [2.75, 3.05) is 13.1 Å². The lowest BCUT2D eigenvalue weighted by Gasteiger charge is -2.26. The van der Waals surface area contributed by atoms with E-state index in [-0.39, 0.29) is 0 Å². The summed E-state index contributed by atoms with van der Waals surface area (Å²) in [7, 11) is 0. The Morgan fingerprint density at radius 3 is 2.35 bits per heavy atom. The van der Waals surface area contributed by atoms with Crippen LogP contribution in [0, 0.1) is 13.8 Å². The van der Waals surface area contributed by atoms with Crippen molar-refractivity contribution in [1.82, 2.24) is 9.88 Å². The molecule has 0 unspecified atom stereocenters. The average molecular weight is 234 g/mol. The first kappa shape index (κ1) is 14.2. The molecule has 1 aliphatic heterocycles. The molecule has 0 aliphatic carbocycles. The summed E-state index contributed by atoms with van der Waals surface area (Å²) in [5.41, 5.74) is 3.82. The lowest BCUT2D eigenvalue weighted by atomic mass is 10.1. The molecule has 2 rings (SSSR count). The zero-order chi connectivity index (χ0) is 12.7. The van der Waals surface area contributed by atoms with Crippen LogP contribution in [0.3, 0.4) is 0 Å². The predicted octanol–water partition coefficient (Wildman–Crippen LogP) is 3.71. The summed E-state index contributed by atoms with van der Waals surface area (Å²) in [6.45, 7) is 11.8. The van der Waals surface area contributed by atoms with Gasteiger partial charge in [-0.05, 0) is 50.9 Å². The number of hydrogen-bond donors (Lipinski definition) is 0. The van der Waals surface area contributed by atoms with E-state index in [1.807, 2.05) is 20.0 Å². The van der Waals surface area contributed by atoms with Crippen molar-refractivity contribution >= 4 is 0 Å². The van der Waals surface area contributed by atoms with E-state index in [9.17, 15) is 0 Å². The van der Waals surface area contributed by atoms with Crippen LogP contribution in [0.15, 0.2) is 12.3 Å². The van der Waals surface area contributed by atoms with Crippen LogP contribution in [0.5, 0.6) is 0 Å². The van der Waals surface area contributed by atoms with Gasteiger partial charge in [0.1, 0.15) is 0 Å². The molecular formula is C15H26N2. The van der Waals surface area contributed by atoms with Crippen LogP contribution < -0.4 is 0 Å². The zero-order valence-corrected chi connectivity index (χ0v) is 11.8. The van der Waals surface area contributed by atoms with Crippen LogP contribution in [0.1, 0.15) is 49.9 Å². The van der Waals surface area contributed by atoms with Gasteiger partial charge in [0.25, 0.3) is 0 Å². The summed E-state index contributed by atoms with van der Waals surface area (Å²) in [6.07, 6.45) is 6.15. The molecule has 0 bridgehead atoms. The van der Waals surface area contributed by atoms with Crippen molar-refractivity contribution in [1.29, 1.82) is 0 Å². The van der Waals surface area contributed by atoms with Crippen LogP contribution in [0.2, 0.25) is 0 Å². The molecule has 0 aromatic carbocycles. The number of aromatic nitrogens is 1. The summed E-state index contributed by atoms with van der Waals surface area (Å²) in [5, 5.41) is 0. The second kappa shape index (κ2) is 7.44. The van der Waals surface area contributed by atoms with Gasteiger partial charge in [-0.15, -0.1) is 0 Å². The van der Waals surface area contributed by atoms with E-state index in [1.165, 1.54) is 43.5 Å². The molecule has 1 aromatic rings. The van der Waals surface area contributed by atoms with E-state index in [0.29, 0.717) is 0 Å². The predicted molar refractivity (Wildman–Crippen MR) is 74.2 cm³/mol. The second-order valence-electron chi connectivity index (χ2n) is 4.58. The molecule has 0 atom stereocenters. The molecule has 0 amide bonds. The molecule has 0 saturated carbocycles. The monoisotopic (exact) mass is 234 g/mol. The van der Waals surface area contributed by atoms with Gasteiger partial charge >= 0.3 is 0 Å². The highest BCUT2D eigenvalue weighted by Gasteiger charge is 2.10. The molecule has 1 aromatic heterocycles. The highest BCUT2D eigenvalue weighted by molar-refractivity contribution is 5.22. The first-order valence-electron chi connectivity index (χ1n) is 6.90. The Hall–Kier alpha value is -0.890. The van der Waals surface area contributed by atoms with Gasteiger partial charge in [0.2, 0.25) is 0 Å². The molecule has 0 N–H and O–H groups in total. The fourth-order valence-electron chi connectivity index (χ4n) is 2.16. The zero-order valence-electron chi connectivity index (χ0n) is 11.8. The normalized spacial score (nSPS) is 16.2. The van der Waals surface area contributed by atoms with Crippen molar-refractivity contribution in [3.8, 4) is 0 Å². The number of hydrogen-bond acceptors (Lipinski definition) is 2. The summed E-state index contributed by atoms with van der Waals surface area (Å²) in [6, 6.07) is 2.27. The summed E-state index contributed by atoms with van der Waals surface area (Å²) < 4.78 is 0. The Balaban J connectivity index is 0.000000686. The Kier molecular flexibility index (Phi) is 6.20. The molecule has 1 saturated heterocycles. The van der Waals surface area contributed by atoms with Gasteiger partial charge in [0, 0.05) is 18.4 Å². The Bertz CT molecular complexity index is 328. The summed E-state index contributed by atoms with van der Waals surface area (Å²) >= 11 is 0. The third-order valence-corrected chi connectivity index (χ3v) is 3.25. The van der Waals surface area contributed by atoms with Gasteiger partial charge in [0.05, 0.1) is 0 Å². The fraction of sp³-hybridized carbons (Fsp3) is 0.667. The maximum Gasteiger partial charge on any atom is 0.0402 e. The minimum absolute atomic E-state index is 1.08.